The molecule has 1 amide bonds. The van der Waals surface area contributed by atoms with E-state index in [4.69, 9.17) is 24.5 Å². The van der Waals surface area contributed by atoms with Gasteiger partial charge in [-0.3, -0.25) is 9.69 Å². The number of benzene rings is 2. The maximum atomic E-state index is 12.7. The summed E-state index contributed by atoms with van der Waals surface area (Å²) in [4.78, 5) is 37.9. The molecule has 196 valence electrons. The van der Waals surface area contributed by atoms with Crippen LogP contribution in [0.4, 0.5) is 5.69 Å². The highest BCUT2D eigenvalue weighted by Crippen LogP contribution is 2.23. The number of aliphatic carboxylic acids is 2. The predicted octanol–water partition coefficient (Wildman–Crippen LogP) is 2.84. The molecule has 2 aromatic rings. The first-order chi connectivity index (χ1) is 17.2. The Kier molecular flexibility index (Phi) is 11.9. The first-order valence-electron chi connectivity index (χ1n) is 12.2. The molecule has 1 fully saturated rings. The highest BCUT2D eigenvalue weighted by atomic mass is 16.5. The lowest BCUT2D eigenvalue weighted by atomic mass is 10.1. The third kappa shape index (κ3) is 9.31. The molecule has 0 bridgehead atoms. The molecule has 1 saturated heterocycles. The molecule has 36 heavy (non-hydrogen) atoms. The van der Waals surface area contributed by atoms with Crippen LogP contribution in [0.5, 0.6) is 5.75 Å². The number of anilines is 1. The number of carbonyl (C=O) groups excluding carboxylic acids is 1. The predicted molar refractivity (Wildman–Crippen MR) is 139 cm³/mol. The van der Waals surface area contributed by atoms with E-state index >= 15 is 0 Å². The van der Waals surface area contributed by atoms with Crippen molar-refractivity contribution in [3.8, 4) is 5.75 Å². The minimum Gasteiger partial charge on any atom is -0.497 e. The van der Waals surface area contributed by atoms with Gasteiger partial charge in [-0.25, -0.2) is 9.59 Å². The molecule has 1 heterocycles. The third-order valence-electron chi connectivity index (χ3n) is 6.09. The summed E-state index contributed by atoms with van der Waals surface area (Å²) < 4.78 is 5.26. The van der Waals surface area contributed by atoms with Crippen LogP contribution in [0.2, 0.25) is 0 Å². The van der Waals surface area contributed by atoms with Crippen LogP contribution >= 0.6 is 0 Å². The zero-order valence-corrected chi connectivity index (χ0v) is 21.3. The second-order valence-corrected chi connectivity index (χ2v) is 8.65. The average Bonchev–Trinajstić information content (AvgIpc) is 2.89. The van der Waals surface area contributed by atoms with Gasteiger partial charge in [-0.1, -0.05) is 37.3 Å². The average molecular weight is 500 g/mol. The maximum Gasteiger partial charge on any atom is 0.414 e. The Hall–Kier alpha value is -3.43. The standard InChI is InChI=1S/C25H35N3O2.C2H2O4/c1-4-25(29)28(23-10-12-24(30-3)13-11-23)21(2)20-27-18-16-26(17-19-27)15-14-22-8-6-5-7-9-22;3-1(4)2(5)6/h5-13,21H,4,14-20H2,1-3H3;(H,3,4)(H,5,6). The molecular weight excluding hydrogens is 462 g/mol. The molecule has 9 heteroatoms. The van der Waals surface area contributed by atoms with Crippen molar-refractivity contribution in [3.63, 3.8) is 0 Å². The van der Waals surface area contributed by atoms with Crippen molar-refractivity contribution >= 4 is 23.5 Å². The van der Waals surface area contributed by atoms with E-state index in [1.54, 1.807) is 7.11 Å². The van der Waals surface area contributed by atoms with Crippen LogP contribution in [0.15, 0.2) is 54.6 Å². The van der Waals surface area contributed by atoms with Gasteiger partial charge in [-0.05, 0) is 43.2 Å². The quantitative estimate of drug-likeness (QED) is 0.507. The van der Waals surface area contributed by atoms with Crippen LogP contribution in [0.1, 0.15) is 25.8 Å². The van der Waals surface area contributed by atoms with E-state index < -0.39 is 11.9 Å². The topological polar surface area (TPSA) is 111 Å². The number of carboxylic acids is 2. The summed E-state index contributed by atoms with van der Waals surface area (Å²) in [6, 6.07) is 18.6. The second-order valence-electron chi connectivity index (χ2n) is 8.65. The van der Waals surface area contributed by atoms with Gasteiger partial charge in [0.25, 0.3) is 0 Å². The summed E-state index contributed by atoms with van der Waals surface area (Å²) in [5.74, 6) is -2.68. The van der Waals surface area contributed by atoms with Crippen LogP contribution < -0.4 is 9.64 Å². The summed E-state index contributed by atoms with van der Waals surface area (Å²) in [6.45, 7) is 10.4. The SMILES string of the molecule is CCC(=O)N(c1ccc(OC)cc1)C(C)CN1CCN(CCc2ccccc2)CC1.O=C(O)C(=O)O. The van der Waals surface area contributed by atoms with E-state index in [1.165, 1.54) is 5.56 Å². The number of hydrogen-bond donors (Lipinski definition) is 2. The number of carboxylic acid groups (broad SMARTS) is 2. The summed E-state index contributed by atoms with van der Waals surface area (Å²) in [6.07, 6.45) is 1.61. The number of methoxy groups -OCH3 is 1. The zero-order valence-electron chi connectivity index (χ0n) is 21.3. The third-order valence-corrected chi connectivity index (χ3v) is 6.09. The molecule has 0 aromatic heterocycles. The Labute approximate surface area is 212 Å². The molecule has 0 radical (unpaired) electrons. The first-order valence-corrected chi connectivity index (χ1v) is 12.2. The monoisotopic (exact) mass is 499 g/mol. The van der Waals surface area contributed by atoms with E-state index in [9.17, 15) is 4.79 Å². The lowest BCUT2D eigenvalue weighted by molar-refractivity contribution is -0.159. The van der Waals surface area contributed by atoms with E-state index in [1.807, 2.05) is 36.1 Å². The number of hydrogen-bond acceptors (Lipinski definition) is 6. The molecule has 1 atom stereocenters. The lowest BCUT2D eigenvalue weighted by Gasteiger charge is -2.38. The van der Waals surface area contributed by atoms with Gasteiger partial charge in [-0.15, -0.1) is 0 Å². The summed E-state index contributed by atoms with van der Waals surface area (Å²) in [5, 5.41) is 14.8. The number of nitrogens with zero attached hydrogens (tertiary/aromatic N) is 3. The number of rotatable bonds is 9. The van der Waals surface area contributed by atoms with Gasteiger partial charge in [0.05, 0.1) is 7.11 Å². The summed E-state index contributed by atoms with van der Waals surface area (Å²) in [7, 11) is 1.66. The van der Waals surface area contributed by atoms with Gasteiger partial charge in [0.2, 0.25) is 5.91 Å². The number of ether oxygens (including phenoxy) is 1. The highest BCUT2D eigenvalue weighted by molar-refractivity contribution is 6.27. The van der Waals surface area contributed by atoms with Crippen molar-refractivity contribution in [2.75, 3.05) is 51.3 Å². The summed E-state index contributed by atoms with van der Waals surface area (Å²) >= 11 is 0. The Morgan fingerprint density at radius 1 is 0.917 bits per heavy atom. The minimum absolute atomic E-state index is 0.127. The molecule has 2 N–H and O–H groups in total. The first kappa shape index (κ1) is 28.8. The van der Waals surface area contributed by atoms with Crippen LogP contribution in [-0.2, 0) is 20.8 Å². The van der Waals surface area contributed by atoms with Gasteiger partial charge < -0.3 is 24.7 Å². The molecule has 0 saturated carbocycles. The van der Waals surface area contributed by atoms with Gasteiger partial charge in [0.1, 0.15) is 5.75 Å². The van der Waals surface area contributed by atoms with Crippen molar-refractivity contribution in [3.05, 3.63) is 60.2 Å². The van der Waals surface area contributed by atoms with Crippen molar-refractivity contribution < 1.29 is 29.3 Å². The second kappa shape index (κ2) is 14.9. The molecule has 1 unspecified atom stereocenters. The van der Waals surface area contributed by atoms with Crippen molar-refractivity contribution in [1.29, 1.82) is 0 Å². The maximum absolute atomic E-state index is 12.7. The van der Waals surface area contributed by atoms with Crippen molar-refractivity contribution in [1.82, 2.24) is 9.80 Å². The fourth-order valence-corrected chi connectivity index (χ4v) is 4.14. The van der Waals surface area contributed by atoms with E-state index in [-0.39, 0.29) is 11.9 Å². The number of piperazine rings is 1. The van der Waals surface area contributed by atoms with Crippen LogP contribution in [0, 0.1) is 0 Å². The van der Waals surface area contributed by atoms with E-state index in [0.717, 1.165) is 57.1 Å². The molecule has 3 rings (SSSR count). The van der Waals surface area contributed by atoms with Crippen LogP contribution in [0.25, 0.3) is 0 Å². The number of amides is 1. The minimum atomic E-state index is -1.82. The number of carbonyl (C=O) groups is 3. The molecule has 0 aliphatic carbocycles. The Morgan fingerprint density at radius 2 is 1.47 bits per heavy atom. The fourth-order valence-electron chi connectivity index (χ4n) is 4.14. The normalized spacial score (nSPS) is 14.8. The molecule has 9 nitrogen and oxygen atoms in total. The molecule has 1 aliphatic heterocycles. The van der Waals surface area contributed by atoms with Gasteiger partial charge in [0, 0.05) is 57.4 Å². The Bertz CT molecular complexity index is 947. The van der Waals surface area contributed by atoms with Crippen molar-refractivity contribution in [2.45, 2.75) is 32.7 Å². The van der Waals surface area contributed by atoms with Gasteiger partial charge in [-0.2, -0.15) is 0 Å². The molecular formula is C27H37N3O6. The molecule has 2 aromatic carbocycles. The van der Waals surface area contributed by atoms with Crippen molar-refractivity contribution in [2.24, 2.45) is 0 Å². The lowest BCUT2D eigenvalue weighted by Crippen LogP contribution is -2.52. The van der Waals surface area contributed by atoms with Gasteiger partial charge >= 0.3 is 11.9 Å². The molecule has 1 aliphatic rings. The zero-order chi connectivity index (χ0) is 26.5. The molecule has 0 spiro atoms. The largest absolute Gasteiger partial charge is 0.497 e. The van der Waals surface area contributed by atoms with E-state index in [0.29, 0.717) is 6.42 Å². The Balaban J connectivity index is 0.000000678. The van der Waals surface area contributed by atoms with Gasteiger partial charge in [0.15, 0.2) is 0 Å². The fraction of sp³-hybridized carbons (Fsp3) is 0.444. The smallest absolute Gasteiger partial charge is 0.414 e. The summed E-state index contributed by atoms with van der Waals surface area (Å²) in [5.41, 5.74) is 2.35. The Morgan fingerprint density at radius 3 is 1.97 bits per heavy atom. The van der Waals surface area contributed by atoms with E-state index in [2.05, 4.69) is 47.1 Å². The van der Waals surface area contributed by atoms with Crippen LogP contribution in [0.3, 0.4) is 0 Å². The highest BCUT2D eigenvalue weighted by Gasteiger charge is 2.25. The van der Waals surface area contributed by atoms with Crippen LogP contribution in [-0.4, -0.2) is 90.3 Å².